The highest BCUT2D eigenvalue weighted by Gasteiger charge is 2.10. The summed E-state index contributed by atoms with van der Waals surface area (Å²) in [6.45, 7) is 0.00790. The van der Waals surface area contributed by atoms with Gasteiger partial charge in [-0.1, -0.05) is 12.1 Å². The minimum absolute atomic E-state index is 0.00790. The summed E-state index contributed by atoms with van der Waals surface area (Å²) in [6.07, 6.45) is 1.45. The molecule has 0 amide bonds. The third kappa shape index (κ3) is 2.11. The first-order valence-corrected chi connectivity index (χ1v) is 5.88. The van der Waals surface area contributed by atoms with Crippen LogP contribution in [0.25, 0.3) is 11.1 Å². The van der Waals surface area contributed by atoms with Crippen molar-refractivity contribution in [3.63, 3.8) is 0 Å². The van der Waals surface area contributed by atoms with Crippen molar-refractivity contribution in [1.29, 1.82) is 0 Å². The Morgan fingerprint density at radius 2 is 1.90 bits per heavy atom. The lowest BCUT2D eigenvalue weighted by Crippen LogP contribution is -2.33. The molecule has 0 radical (unpaired) electrons. The van der Waals surface area contributed by atoms with Gasteiger partial charge in [0.1, 0.15) is 5.82 Å². The number of aromatic nitrogens is 2. The van der Waals surface area contributed by atoms with E-state index in [-0.39, 0.29) is 23.5 Å². The van der Waals surface area contributed by atoms with Gasteiger partial charge in [-0.3, -0.25) is 4.79 Å². The van der Waals surface area contributed by atoms with Gasteiger partial charge in [0.05, 0.1) is 6.54 Å². The summed E-state index contributed by atoms with van der Waals surface area (Å²) in [6, 6.07) is 8.62. The maximum atomic E-state index is 12.8. The molecule has 0 N–H and O–H groups in total. The smallest absolute Gasteiger partial charge is 0.407 e. The fourth-order valence-electron chi connectivity index (χ4n) is 1.90. The van der Waals surface area contributed by atoms with Crippen molar-refractivity contribution in [2.45, 2.75) is 6.54 Å². The van der Waals surface area contributed by atoms with E-state index in [0.717, 1.165) is 4.57 Å². The number of halogens is 1. The second-order valence-corrected chi connectivity index (χ2v) is 4.24. The van der Waals surface area contributed by atoms with Gasteiger partial charge in [0, 0.05) is 6.20 Å². The number of benzene rings is 1. The molecule has 2 heterocycles. The van der Waals surface area contributed by atoms with Crippen LogP contribution in [0.15, 0.2) is 56.6 Å². The lowest BCUT2D eigenvalue weighted by atomic mass is 10.2. The first-order chi connectivity index (χ1) is 9.65. The van der Waals surface area contributed by atoms with Gasteiger partial charge >= 0.3 is 5.76 Å². The van der Waals surface area contributed by atoms with Gasteiger partial charge in [0.15, 0.2) is 11.1 Å². The summed E-state index contributed by atoms with van der Waals surface area (Å²) in [5.41, 5.74) is 0.337. The molecular weight excluding hydrogens is 263 g/mol. The second kappa shape index (κ2) is 4.73. The van der Waals surface area contributed by atoms with E-state index in [0.29, 0.717) is 5.56 Å². The molecule has 0 aliphatic carbocycles. The fraction of sp³-hybridized carbons (Fsp3) is 0.0714. The zero-order valence-corrected chi connectivity index (χ0v) is 10.2. The topological polar surface area (TPSA) is 65.1 Å². The van der Waals surface area contributed by atoms with Crippen LogP contribution in [0.1, 0.15) is 5.56 Å². The Hall–Kier alpha value is -2.76. The maximum Gasteiger partial charge on any atom is 0.422 e. The van der Waals surface area contributed by atoms with Gasteiger partial charge < -0.3 is 4.42 Å². The highest BCUT2D eigenvalue weighted by molar-refractivity contribution is 5.69. The molecule has 0 bridgehead atoms. The van der Waals surface area contributed by atoms with Crippen molar-refractivity contribution in [1.82, 2.24) is 9.55 Å². The van der Waals surface area contributed by atoms with Gasteiger partial charge in [-0.2, -0.15) is 0 Å². The van der Waals surface area contributed by atoms with E-state index in [2.05, 4.69) is 4.98 Å². The molecular formula is C14H9FN2O3. The van der Waals surface area contributed by atoms with E-state index < -0.39 is 11.3 Å². The fourth-order valence-corrected chi connectivity index (χ4v) is 1.90. The van der Waals surface area contributed by atoms with E-state index in [1.165, 1.54) is 36.5 Å². The molecule has 1 aromatic carbocycles. The zero-order chi connectivity index (χ0) is 14.1. The summed E-state index contributed by atoms with van der Waals surface area (Å²) in [7, 11) is 0. The van der Waals surface area contributed by atoms with Crippen LogP contribution in [-0.4, -0.2) is 9.55 Å². The standard InChI is InChI=1S/C14H9FN2O3/c15-10-5-3-9(4-6-10)8-17-13(18)12-11(20-14(17)19)2-1-7-16-12/h1-7H,8H2. The van der Waals surface area contributed by atoms with Crippen LogP contribution >= 0.6 is 0 Å². The van der Waals surface area contributed by atoms with Gasteiger partial charge in [-0.15, -0.1) is 0 Å². The number of hydrogen-bond acceptors (Lipinski definition) is 4. The maximum absolute atomic E-state index is 12.8. The average Bonchev–Trinajstić information content (AvgIpc) is 2.45. The van der Waals surface area contributed by atoms with Crippen LogP contribution < -0.4 is 11.3 Å². The Morgan fingerprint density at radius 1 is 1.15 bits per heavy atom. The molecule has 100 valence electrons. The Bertz CT molecular complexity index is 881. The summed E-state index contributed by atoms with van der Waals surface area (Å²) < 4.78 is 18.8. The van der Waals surface area contributed by atoms with Crippen molar-refractivity contribution < 1.29 is 8.81 Å². The normalized spacial score (nSPS) is 10.8. The van der Waals surface area contributed by atoms with Crippen molar-refractivity contribution >= 4 is 11.1 Å². The van der Waals surface area contributed by atoms with Crippen molar-refractivity contribution in [2.24, 2.45) is 0 Å². The van der Waals surface area contributed by atoms with Crippen molar-refractivity contribution in [3.05, 3.63) is 74.9 Å². The quantitative estimate of drug-likeness (QED) is 0.709. The van der Waals surface area contributed by atoms with E-state index in [1.54, 1.807) is 6.07 Å². The van der Waals surface area contributed by atoms with E-state index in [4.69, 9.17) is 4.42 Å². The summed E-state index contributed by atoms with van der Waals surface area (Å²) >= 11 is 0. The summed E-state index contributed by atoms with van der Waals surface area (Å²) in [5, 5.41) is 0. The Labute approximate surface area is 111 Å². The SMILES string of the molecule is O=c1oc2cccnc2c(=O)n1Cc1ccc(F)cc1. The van der Waals surface area contributed by atoms with Crippen LogP contribution in [-0.2, 0) is 6.54 Å². The minimum atomic E-state index is -0.764. The molecule has 3 rings (SSSR count). The van der Waals surface area contributed by atoms with Crippen LogP contribution in [0.2, 0.25) is 0 Å². The molecule has 0 fully saturated rings. The Kier molecular flexibility index (Phi) is 2.90. The zero-order valence-electron chi connectivity index (χ0n) is 10.2. The predicted molar refractivity (Wildman–Crippen MR) is 70.0 cm³/mol. The molecule has 3 aromatic rings. The summed E-state index contributed by atoms with van der Waals surface area (Å²) in [4.78, 5) is 27.9. The van der Waals surface area contributed by atoms with E-state index in [9.17, 15) is 14.0 Å². The molecule has 0 unspecified atom stereocenters. The average molecular weight is 272 g/mol. The van der Waals surface area contributed by atoms with Crippen LogP contribution in [0.4, 0.5) is 4.39 Å². The molecule has 0 aliphatic rings. The monoisotopic (exact) mass is 272 g/mol. The number of hydrogen-bond donors (Lipinski definition) is 0. The van der Waals surface area contributed by atoms with Gasteiger partial charge in [-0.05, 0) is 29.8 Å². The van der Waals surface area contributed by atoms with Crippen molar-refractivity contribution in [3.8, 4) is 0 Å². The lowest BCUT2D eigenvalue weighted by molar-refractivity contribution is 0.469. The van der Waals surface area contributed by atoms with Crippen LogP contribution in [0, 0.1) is 5.82 Å². The Balaban J connectivity index is 2.14. The number of pyridine rings is 1. The second-order valence-electron chi connectivity index (χ2n) is 4.24. The Morgan fingerprint density at radius 3 is 2.65 bits per heavy atom. The third-order valence-corrected chi connectivity index (χ3v) is 2.89. The first kappa shape index (κ1) is 12.3. The molecule has 0 saturated heterocycles. The van der Waals surface area contributed by atoms with Gasteiger partial charge in [-0.25, -0.2) is 18.7 Å². The highest BCUT2D eigenvalue weighted by Crippen LogP contribution is 2.05. The largest absolute Gasteiger partial charge is 0.422 e. The van der Waals surface area contributed by atoms with Crippen LogP contribution in [0.5, 0.6) is 0 Å². The molecule has 0 saturated carbocycles. The molecule has 0 atom stereocenters. The molecule has 20 heavy (non-hydrogen) atoms. The number of rotatable bonds is 2. The number of fused-ring (bicyclic) bond motifs is 1. The molecule has 0 aliphatic heterocycles. The summed E-state index contributed by atoms with van der Waals surface area (Å²) in [5.74, 6) is -1.15. The lowest BCUT2D eigenvalue weighted by Gasteiger charge is -2.04. The van der Waals surface area contributed by atoms with E-state index in [1.807, 2.05) is 0 Å². The third-order valence-electron chi connectivity index (χ3n) is 2.89. The predicted octanol–water partition coefficient (Wildman–Crippen LogP) is 1.54. The van der Waals surface area contributed by atoms with Crippen molar-refractivity contribution in [2.75, 3.05) is 0 Å². The van der Waals surface area contributed by atoms with Gasteiger partial charge in [0.25, 0.3) is 5.56 Å². The van der Waals surface area contributed by atoms with Crippen LogP contribution in [0.3, 0.4) is 0 Å². The molecule has 2 aromatic heterocycles. The first-order valence-electron chi connectivity index (χ1n) is 5.88. The molecule has 6 heteroatoms. The molecule has 0 spiro atoms. The molecule has 5 nitrogen and oxygen atoms in total. The number of nitrogens with zero attached hydrogens (tertiary/aromatic N) is 2. The highest BCUT2D eigenvalue weighted by atomic mass is 19.1. The minimum Gasteiger partial charge on any atom is -0.407 e. The van der Waals surface area contributed by atoms with Gasteiger partial charge in [0.2, 0.25) is 0 Å². The van der Waals surface area contributed by atoms with E-state index >= 15 is 0 Å².